The number of sulfone groups is 1. The van der Waals surface area contributed by atoms with Gasteiger partial charge in [-0.15, -0.1) is 29.8 Å². The number of piperidine rings is 1. The van der Waals surface area contributed by atoms with E-state index in [4.69, 9.17) is 23.2 Å². The van der Waals surface area contributed by atoms with Crippen LogP contribution in [-0.4, -0.2) is 94.4 Å². The molecule has 0 bridgehead atoms. The van der Waals surface area contributed by atoms with E-state index in [1.807, 2.05) is 6.92 Å². The summed E-state index contributed by atoms with van der Waals surface area (Å²) in [5, 5.41) is 10.6. The van der Waals surface area contributed by atoms with Gasteiger partial charge in [0.1, 0.15) is 16.4 Å². The maximum atomic E-state index is 13.7. The fourth-order valence-electron chi connectivity index (χ4n) is 6.38. The van der Waals surface area contributed by atoms with Crippen LogP contribution in [0.4, 0.5) is 4.79 Å². The van der Waals surface area contributed by atoms with Crippen molar-refractivity contribution in [2.75, 3.05) is 18.8 Å². The molecule has 0 spiro atoms. The van der Waals surface area contributed by atoms with Crippen LogP contribution < -0.4 is 21.3 Å². The number of urea groups is 1. The van der Waals surface area contributed by atoms with Crippen LogP contribution >= 0.6 is 23.2 Å². The van der Waals surface area contributed by atoms with Gasteiger partial charge < -0.3 is 26.2 Å². The van der Waals surface area contributed by atoms with Gasteiger partial charge in [-0.25, -0.2) is 13.2 Å². The molecule has 0 aromatic rings. The fourth-order valence-corrected chi connectivity index (χ4v) is 8.72. The number of hydrogen-bond acceptors (Lipinski definition) is 7. The molecule has 15 heteroatoms. The Bertz CT molecular complexity index is 1310. The van der Waals surface area contributed by atoms with Crippen LogP contribution in [0.15, 0.2) is 12.7 Å². The molecule has 46 heavy (non-hydrogen) atoms. The molecule has 2 unspecified atom stereocenters. The number of nitrogens with one attached hydrogen (secondary N) is 4. The van der Waals surface area contributed by atoms with Crippen molar-refractivity contribution in [2.45, 2.75) is 119 Å². The van der Waals surface area contributed by atoms with Gasteiger partial charge >= 0.3 is 6.03 Å². The molecule has 12 nitrogen and oxygen atoms in total. The van der Waals surface area contributed by atoms with E-state index in [9.17, 15) is 32.4 Å². The highest BCUT2D eigenvalue weighted by atomic mass is 35.5. The molecule has 1 heterocycles. The molecule has 3 aliphatic rings. The van der Waals surface area contributed by atoms with Crippen molar-refractivity contribution in [1.29, 1.82) is 0 Å². The summed E-state index contributed by atoms with van der Waals surface area (Å²) in [6.45, 7) is 11.9. The predicted octanol–water partition coefficient (Wildman–Crippen LogP) is 2.77. The number of alkyl halides is 2. The van der Waals surface area contributed by atoms with Gasteiger partial charge in [0.15, 0.2) is 9.84 Å². The Balaban J connectivity index is 1.74. The molecule has 0 radical (unpaired) electrons. The number of amides is 5. The van der Waals surface area contributed by atoms with Gasteiger partial charge in [0.05, 0.1) is 22.1 Å². The first-order valence-electron chi connectivity index (χ1n) is 16.0. The Labute approximate surface area is 282 Å². The summed E-state index contributed by atoms with van der Waals surface area (Å²) in [5.41, 5.74) is -0.968. The van der Waals surface area contributed by atoms with Gasteiger partial charge in [0, 0.05) is 24.9 Å². The Morgan fingerprint density at radius 1 is 1.07 bits per heavy atom. The molecule has 260 valence electrons. The molecule has 1 saturated heterocycles. The molecule has 4 N–H and O–H groups in total. The van der Waals surface area contributed by atoms with E-state index in [1.54, 1.807) is 20.8 Å². The van der Waals surface area contributed by atoms with Crippen molar-refractivity contribution in [3.63, 3.8) is 0 Å². The van der Waals surface area contributed by atoms with Gasteiger partial charge in [0.25, 0.3) is 5.91 Å². The highest BCUT2D eigenvalue weighted by Gasteiger charge is 2.74. The normalized spacial score (nSPS) is 24.5. The number of Topliss-reactive ketones (excluding diaryl/α,β-unsaturated/α-hetero) is 1. The van der Waals surface area contributed by atoms with E-state index >= 15 is 0 Å². The molecule has 5 atom stereocenters. The van der Waals surface area contributed by atoms with Crippen LogP contribution in [0, 0.1) is 11.8 Å². The van der Waals surface area contributed by atoms with Crippen molar-refractivity contribution in [3.05, 3.63) is 12.7 Å². The van der Waals surface area contributed by atoms with E-state index in [0.717, 1.165) is 19.3 Å². The second-order valence-electron chi connectivity index (χ2n) is 13.8. The van der Waals surface area contributed by atoms with E-state index in [1.165, 1.54) is 17.9 Å². The lowest BCUT2D eigenvalue weighted by Gasteiger charge is -2.40. The van der Waals surface area contributed by atoms with Crippen molar-refractivity contribution in [3.8, 4) is 0 Å². The molecule has 0 aromatic heterocycles. The van der Waals surface area contributed by atoms with E-state index in [0.29, 0.717) is 25.7 Å². The van der Waals surface area contributed by atoms with Crippen LogP contribution in [0.5, 0.6) is 0 Å². The van der Waals surface area contributed by atoms with Crippen molar-refractivity contribution < 1.29 is 32.4 Å². The van der Waals surface area contributed by atoms with Crippen molar-refractivity contribution in [2.24, 2.45) is 11.8 Å². The maximum Gasteiger partial charge on any atom is 0.315 e. The van der Waals surface area contributed by atoms with Gasteiger partial charge in [-0.3, -0.25) is 19.2 Å². The van der Waals surface area contributed by atoms with E-state index in [2.05, 4.69) is 27.8 Å². The number of halogens is 2. The third-order valence-electron chi connectivity index (χ3n) is 9.30. The fraction of sp³-hybridized carbons (Fsp3) is 0.774. The lowest BCUT2D eigenvalue weighted by molar-refractivity contribution is -0.143. The largest absolute Gasteiger partial charge is 0.346 e. The first kappa shape index (κ1) is 38.1. The molecule has 2 aliphatic carbocycles. The van der Waals surface area contributed by atoms with E-state index in [-0.39, 0.29) is 25.3 Å². The standard InChI is InChI=1S/C31H49Cl2N5O7S/c1-7-9-13-21(24(39)26(41)34-16-8-2)36-25(40)23-22-20(31(22,32)33)17-38(23)27(42)19(3)35-28(43)37-30(14-11-10-12-15-30)18-46(44,45)29(4,5)6/h8,19-23H,2,7,9-18H2,1,3-6H3,(H,34,41)(H,36,40)(H2,35,37,43)/t19?,20-,21?,22-,23-/m0/s1. The van der Waals surface area contributed by atoms with Crippen molar-refractivity contribution in [1.82, 2.24) is 26.2 Å². The molecule has 3 rings (SSSR count). The van der Waals surface area contributed by atoms with Crippen LogP contribution in [0.1, 0.15) is 86.0 Å². The Morgan fingerprint density at radius 3 is 2.26 bits per heavy atom. The van der Waals surface area contributed by atoms with Crippen LogP contribution in [0.2, 0.25) is 0 Å². The summed E-state index contributed by atoms with van der Waals surface area (Å²) in [5.74, 6) is -4.12. The third-order valence-corrected chi connectivity index (χ3v) is 13.2. The Kier molecular flexibility index (Phi) is 12.3. The number of carbonyl (C=O) groups is 5. The number of hydrogen-bond donors (Lipinski definition) is 4. The summed E-state index contributed by atoms with van der Waals surface area (Å²) in [4.78, 5) is 67.2. The number of unbranched alkanes of at least 4 members (excludes halogenated alkanes) is 1. The highest BCUT2D eigenvalue weighted by Crippen LogP contribution is 2.65. The zero-order chi connectivity index (χ0) is 34.7. The third kappa shape index (κ3) is 8.55. The summed E-state index contributed by atoms with van der Waals surface area (Å²) in [7, 11) is -3.56. The Hall–Kier alpha value is -2.38. The number of nitrogens with zero attached hydrogens (tertiary/aromatic N) is 1. The van der Waals surface area contributed by atoms with Gasteiger partial charge in [-0.05, 0) is 47.0 Å². The van der Waals surface area contributed by atoms with E-state index < -0.39 is 84.0 Å². The Morgan fingerprint density at radius 2 is 1.70 bits per heavy atom. The number of rotatable bonds is 14. The van der Waals surface area contributed by atoms with Crippen molar-refractivity contribution >= 4 is 62.6 Å². The molecule has 0 aromatic carbocycles. The molecule has 1 aliphatic heterocycles. The lowest BCUT2D eigenvalue weighted by Crippen LogP contribution is -2.61. The number of likely N-dealkylation sites (tertiary alicyclic amines) is 1. The number of ketones is 1. The summed E-state index contributed by atoms with van der Waals surface area (Å²) < 4.78 is 24.0. The second-order valence-corrected chi connectivity index (χ2v) is 18.0. The predicted molar refractivity (Wildman–Crippen MR) is 177 cm³/mol. The van der Waals surface area contributed by atoms with Gasteiger partial charge in [-0.2, -0.15) is 0 Å². The zero-order valence-electron chi connectivity index (χ0n) is 27.4. The smallest absolute Gasteiger partial charge is 0.315 e. The van der Waals surface area contributed by atoms with Gasteiger partial charge in [0.2, 0.25) is 17.6 Å². The minimum atomic E-state index is -3.56. The first-order chi connectivity index (χ1) is 21.3. The molecular formula is C31H49Cl2N5O7S. The van der Waals surface area contributed by atoms with Crippen LogP contribution in [0.25, 0.3) is 0 Å². The maximum absolute atomic E-state index is 13.7. The average Bonchev–Trinajstić information content (AvgIpc) is 3.27. The number of carbonyl (C=O) groups excluding carboxylic acids is 5. The summed E-state index contributed by atoms with van der Waals surface area (Å²) in [6.07, 6.45) is 6.37. The van der Waals surface area contributed by atoms with Gasteiger partial charge in [-0.1, -0.05) is 45.1 Å². The van der Waals surface area contributed by atoms with Crippen LogP contribution in [-0.2, 0) is 29.0 Å². The number of fused-ring (bicyclic) bond motifs is 1. The molecule has 3 fully saturated rings. The molecule has 5 amide bonds. The summed E-state index contributed by atoms with van der Waals surface area (Å²) in [6, 6.07) is -4.02. The quantitative estimate of drug-likeness (QED) is 0.122. The first-order valence-corrected chi connectivity index (χ1v) is 18.5. The monoisotopic (exact) mass is 705 g/mol. The molecular weight excluding hydrogens is 657 g/mol. The highest BCUT2D eigenvalue weighted by molar-refractivity contribution is 7.92. The SMILES string of the molecule is C=CCNC(=O)C(=O)C(CCCC)NC(=O)[C@@H]1[C@@H]2[C@H](CN1C(=O)C(C)NC(=O)NC1(CS(=O)(=O)C(C)(C)C)CCCCC1)C2(Cl)Cl. The minimum absolute atomic E-state index is 0.0589. The van der Waals surface area contributed by atoms with Crippen LogP contribution in [0.3, 0.4) is 0 Å². The lowest BCUT2D eigenvalue weighted by atomic mass is 9.83. The zero-order valence-corrected chi connectivity index (χ0v) is 29.7. The minimum Gasteiger partial charge on any atom is -0.346 e. The second kappa shape index (κ2) is 14.8. The summed E-state index contributed by atoms with van der Waals surface area (Å²) >= 11 is 12.9. The molecule has 2 saturated carbocycles. The average molecular weight is 707 g/mol. The topological polar surface area (TPSA) is 171 Å².